The topological polar surface area (TPSA) is 72.0 Å². The number of pyridine rings is 1. The van der Waals surface area contributed by atoms with Crippen molar-refractivity contribution >= 4 is 143 Å². The van der Waals surface area contributed by atoms with Crippen LogP contribution in [0.15, 0.2) is 268 Å². The van der Waals surface area contributed by atoms with Crippen LogP contribution in [-0.2, 0) is 12.8 Å². The van der Waals surface area contributed by atoms with Gasteiger partial charge in [0, 0.05) is 111 Å². The van der Waals surface area contributed by atoms with Crippen molar-refractivity contribution in [3.8, 4) is 33.9 Å². The fourth-order valence-electron chi connectivity index (χ4n) is 16.1. The molecule has 0 saturated carbocycles. The fraction of sp³-hybridized carbons (Fsp3) is 0.0482. The third-order valence-electron chi connectivity index (χ3n) is 20.1. The van der Waals surface area contributed by atoms with E-state index in [1.807, 2.05) is 12.4 Å². The Bertz CT molecular complexity index is 6350. The van der Waals surface area contributed by atoms with Gasteiger partial charge in [0.1, 0.15) is 33.7 Å². The highest BCUT2D eigenvalue weighted by Crippen LogP contribution is 2.46. The molecule has 0 fully saturated rings. The summed E-state index contributed by atoms with van der Waals surface area (Å²) in [4.78, 5) is 5.00. The highest BCUT2D eigenvalue weighted by molar-refractivity contribution is 6.18. The summed E-state index contributed by atoms with van der Waals surface area (Å²) in [5, 5.41) is 14.1. The number of allylic oxidation sites excluding steroid dienone is 2. The smallest absolute Gasteiger partial charge is 0.139 e. The monoisotopic (exact) mass is 1170 g/mol. The third-order valence-corrected chi connectivity index (χ3v) is 20.1. The first-order chi connectivity index (χ1) is 45.1. The first-order valence-electron chi connectivity index (χ1n) is 31.5. The minimum Gasteiger partial charge on any atom is -0.456 e. The number of nitrogens with zero attached hydrogens (tertiary/aromatic N) is 5. The average Bonchev–Trinajstić information content (AvgIpc) is 1.66. The van der Waals surface area contributed by atoms with Gasteiger partial charge < -0.3 is 31.5 Å². The van der Waals surface area contributed by atoms with E-state index in [2.05, 4.69) is 273 Å². The summed E-state index contributed by atoms with van der Waals surface area (Å²) < 4.78 is 29.4. The Balaban J connectivity index is 0.647. The Hall–Kier alpha value is -11.9. The van der Waals surface area contributed by atoms with Gasteiger partial charge in [0.2, 0.25) is 0 Å². The molecule has 0 amide bonds. The molecule has 11 aromatic carbocycles. The molecule has 8 heteroatoms. The lowest BCUT2D eigenvalue weighted by molar-refractivity contribution is 0.591. The van der Waals surface area contributed by atoms with Gasteiger partial charge >= 0.3 is 0 Å². The van der Waals surface area contributed by atoms with Gasteiger partial charge in [0.15, 0.2) is 0 Å². The molecule has 1 atom stereocenters. The van der Waals surface area contributed by atoms with E-state index in [9.17, 15) is 0 Å². The van der Waals surface area contributed by atoms with Gasteiger partial charge in [0.25, 0.3) is 0 Å². The lowest BCUT2D eigenvalue weighted by atomic mass is 9.87. The van der Waals surface area contributed by atoms with Crippen molar-refractivity contribution in [2.45, 2.75) is 25.2 Å². The van der Waals surface area contributed by atoms with Gasteiger partial charge in [-0.05, 0) is 169 Å². The number of hydrogen-bond donors (Lipinski definition) is 0. The van der Waals surface area contributed by atoms with Crippen LogP contribution in [0.4, 0.5) is 0 Å². The molecule has 0 radical (unpaired) electrons. The number of furan rings is 3. The van der Waals surface area contributed by atoms with Crippen LogP contribution in [0.25, 0.3) is 177 Å². The second-order valence-electron chi connectivity index (χ2n) is 24.8. The first kappa shape index (κ1) is 49.2. The Morgan fingerprint density at radius 2 is 0.879 bits per heavy atom. The van der Waals surface area contributed by atoms with Crippen LogP contribution in [0, 0.1) is 0 Å². The minimum atomic E-state index is 0.101. The molecule has 8 nitrogen and oxygen atoms in total. The van der Waals surface area contributed by atoms with E-state index < -0.39 is 0 Å². The predicted molar refractivity (Wildman–Crippen MR) is 373 cm³/mol. The van der Waals surface area contributed by atoms with Gasteiger partial charge in [-0.3, -0.25) is 4.98 Å². The second kappa shape index (κ2) is 18.4. The van der Waals surface area contributed by atoms with Gasteiger partial charge in [0.05, 0.1) is 50.5 Å². The van der Waals surface area contributed by atoms with Crippen molar-refractivity contribution in [3.05, 3.63) is 283 Å². The van der Waals surface area contributed by atoms with Gasteiger partial charge in [-0.2, -0.15) is 0 Å². The van der Waals surface area contributed by atoms with E-state index in [4.69, 9.17) is 18.2 Å². The van der Waals surface area contributed by atoms with E-state index in [-0.39, 0.29) is 5.92 Å². The predicted octanol–water partition coefficient (Wildman–Crippen LogP) is 21.8. The van der Waals surface area contributed by atoms with Crippen LogP contribution in [0.2, 0.25) is 0 Å². The summed E-state index contributed by atoms with van der Waals surface area (Å²) in [5.74, 6) is 1.03. The van der Waals surface area contributed by atoms with Crippen LogP contribution < -0.4 is 0 Å². The molecule has 0 N–H and O–H groups in total. The summed E-state index contributed by atoms with van der Waals surface area (Å²) in [7, 11) is 0. The molecule has 0 aliphatic heterocycles. The number of para-hydroxylation sites is 5. The lowest BCUT2D eigenvalue weighted by Gasteiger charge is -2.18. The summed E-state index contributed by atoms with van der Waals surface area (Å²) in [5.41, 5.74) is 24.2. The van der Waals surface area contributed by atoms with Crippen molar-refractivity contribution in [2.75, 3.05) is 0 Å². The molecular weight excluding hydrogens is 1110 g/mol. The molecular formula is C83H51N5O3. The number of rotatable bonds is 6. The summed E-state index contributed by atoms with van der Waals surface area (Å²) in [6.07, 6.45) is 15.9. The molecule has 8 heterocycles. The van der Waals surface area contributed by atoms with Crippen LogP contribution in [0.3, 0.4) is 0 Å². The summed E-state index contributed by atoms with van der Waals surface area (Å²) >= 11 is 0. The standard InChI is InChI=1S/C83H51N5O3/c1-7-21-69-56(14-1)57-15-2-8-22-70(57)85(69)51-30-35-78-64(41-51)63-39-48(29-34-77(63)89-78)50-38-54(47-84-46-50)88-74-26-12-6-19-61(74)83-55(20-13-27-76(83)88)49-28-33-75-62(40-49)60-18-5-11-25-73(60)87(75)53-32-37-80-66(43-53)68-44-67-65-42-52(31-36-79(65)90-81(67)45-82(68)91-80)86-71-23-9-3-16-58(71)59-17-4-10-24-72(59)86/h1-4,6-17,19-38,40-48H,5,18,39H2. The Labute approximate surface area is 519 Å². The molecule has 426 valence electrons. The highest BCUT2D eigenvalue weighted by atomic mass is 16.3. The SMILES string of the molecule is C1=Cc2c(c3cc(-c4cccc5c4c4ccccc4n5-c4cncc(C5C=Cc6oc7ccc(-n8c9ccccc9c9ccccc98)cc7c6C5)c4)ccc3n2-c2ccc3oc4cc5oc6ccc(-n7c8ccccc8c8ccccc87)cc6c5cc4c3c2)CC1. The normalized spacial score (nSPS) is 14.3. The zero-order valence-electron chi connectivity index (χ0n) is 49.1. The maximum atomic E-state index is 6.66. The number of aryl methyl sites for hydroxylation is 1. The number of benzene rings is 11. The third kappa shape index (κ3) is 6.96. The molecule has 21 rings (SSSR count). The largest absolute Gasteiger partial charge is 0.456 e. The van der Waals surface area contributed by atoms with E-state index in [1.165, 1.54) is 93.2 Å². The number of fused-ring (bicyclic) bond motifs is 21. The van der Waals surface area contributed by atoms with E-state index in [0.29, 0.717) is 0 Å². The Morgan fingerprint density at radius 3 is 1.52 bits per heavy atom. The van der Waals surface area contributed by atoms with Gasteiger partial charge in [-0.1, -0.05) is 121 Å². The van der Waals surface area contributed by atoms with Crippen LogP contribution in [-0.4, -0.2) is 23.3 Å². The molecule has 2 aliphatic rings. The highest BCUT2D eigenvalue weighted by Gasteiger charge is 2.27. The van der Waals surface area contributed by atoms with E-state index in [0.717, 1.165) is 119 Å². The average molecular weight is 1170 g/mol. The number of aromatic nitrogens is 5. The Morgan fingerprint density at radius 1 is 0.352 bits per heavy atom. The molecule has 91 heavy (non-hydrogen) atoms. The van der Waals surface area contributed by atoms with E-state index >= 15 is 0 Å². The maximum absolute atomic E-state index is 6.66. The molecule has 0 saturated heterocycles. The van der Waals surface area contributed by atoms with Crippen molar-refractivity contribution in [1.29, 1.82) is 0 Å². The minimum absolute atomic E-state index is 0.101. The van der Waals surface area contributed by atoms with Crippen molar-refractivity contribution in [3.63, 3.8) is 0 Å². The summed E-state index contributed by atoms with van der Waals surface area (Å²) in [6.45, 7) is 0. The van der Waals surface area contributed by atoms with Crippen LogP contribution >= 0.6 is 0 Å². The number of hydrogen-bond acceptors (Lipinski definition) is 4. The zero-order chi connectivity index (χ0) is 59.2. The Kier molecular flexibility index (Phi) is 9.91. The van der Waals surface area contributed by atoms with Crippen LogP contribution in [0.1, 0.15) is 40.5 Å². The fourth-order valence-corrected chi connectivity index (χ4v) is 16.1. The maximum Gasteiger partial charge on any atom is 0.139 e. The van der Waals surface area contributed by atoms with Crippen molar-refractivity contribution in [2.24, 2.45) is 0 Å². The summed E-state index contributed by atoms with van der Waals surface area (Å²) in [6, 6.07) is 84.0. The second-order valence-corrected chi connectivity index (χ2v) is 24.8. The zero-order valence-corrected chi connectivity index (χ0v) is 49.1. The van der Waals surface area contributed by atoms with Gasteiger partial charge in [-0.15, -0.1) is 0 Å². The lowest BCUT2D eigenvalue weighted by Crippen LogP contribution is -2.06. The molecule has 1 unspecified atom stereocenters. The quantitative estimate of drug-likeness (QED) is 0.166. The molecule has 0 spiro atoms. The molecule has 2 aliphatic carbocycles. The van der Waals surface area contributed by atoms with Gasteiger partial charge in [-0.25, -0.2) is 0 Å². The molecule has 8 aromatic heterocycles. The molecule has 19 aromatic rings. The molecule has 0 bridgehead atoms. The van der Waals surface area contributed by atoms with Crippen molar-refractivity contribution < 1.29 is 13.3 Å². The van der Waals surface area contributed by atoms with E-state index in [1.54, 1.807) is 0 Å². The van der Waals surface area contributed by atoms with Crippen molar-refractivity contribution in [1.82, 2.24) is 23.3 Å². The first-order valence-corrected chi connectivity index (χ1v) is 31.5. The van der Waals surface area contributed by atoms with Crippen LogP contribution in [0.5, 0.6) is 0 Å².